The molecule has 0 rings (SSSR count). The number of hydrogen-bond acceptors (Lipinski definition) is 1. The minimum Gasteiger partial charge on any atom is -0.481 e. The Hall–Kier alpha value is -0.530. The molecule has 162 valence electrons. The number of hydrogen-bond donors (Lipinski definition) is 1. The van der Waals surface area contributed by atoms with Crippen molar-refractivity contribution < 1.29 is 9.90 Å². The molecule has 0 spiro atoms. The highest BCUT2D eigenvalue weighted by Gasteiger charge is 2.16. The molecule has 2 heteroatoms. The van der Waals surface area contributed by atoms with Crippen LogP contribution in [0, 0.1) is 5.92 Å². The first-order valence-corrected chi connectivity index (χ1v) is 12.4. The van der Waals surface area contributed by atoms with Gasteiger partial charge >= 0.3 is 5.97 Å². The lowest BCUT2D eigenvalue weighted by Gasteiger charge is -2.12. The van der Waals surface area contributed by atoms with Crippen molar-refractivity contribution >= 4 is 5.97 Å². The summed E-state index contributed by atoms with van der Waals surface area (Å²) in [7, 11) is 0. The predicted molar refractivity (Wildman–Crippen MR) is 119 cm³/mol. The molecular weight excluding hydrogens is 332 g/mol. The molecule has 0 aromatic carbocycles. The lowest BCUT2D eigenvalue weighted by atomic mass is 9.94. The maximum absolute atomic E-state index is 11.4. The maximum atomic E-state index is 11.4. The van der Waals surface area contributed by atoms with Gasteiger partial charge in [-0.1, -0.05) is 136 Å². The number of unbranched alkanes of at least 4 members (excludes halogenated alkanes) is 17. The van der Waals surface area contributed by atoms with Crippen molar-refractivity contribution in [2.75, 3.05) is 0 Å². The van der Waals surface area contributed by atoms with Crippen molar-refractivity contribution in [3.8, 4) is 0 Å². The monoisotopic (exact) mass is 382 g/mol. The SMILES string of the molecule is CCCCCCCCCCCCCCCCC(CCCCCCC)C(=O)O. The van der Waals surface area contributed by atoms with E-state index in [0.29, 0.717) is 0 Å². The Morgan fingerprint density at radius 3 is 1.04 bits per heavy atom. The quantitative estimate of drug-likeness (QED) is 0.190. The van der Waals surface area contributed by atoms with E-state index in [4.69, 9.17) is 0 Å². The third-order valence-electron chi connectivity index (χ3n) is 5.91. The van der Waals surface area contributed by atoms with Crippen molar-refractivity contribution in [3.05, 3.63) is 0 Å². The standard InChI is InChI=1S/C25H50O2/c1-3-5-7-9-10-11-12-13-14-15-16-17-19-21-23-24(25(26)27)22-20-18-8-6-4-2/h24H,3-23H2,1-2H3,(H,26,27). The molecule has 2 nitrogen and oxygen atoms in total. The first kappa shape index (κ1) is 26.5. The molecule has 0 aliphatic carbocycles. The fourth-order valence-electron chi connectivity index (χ4n) is 3.97. The number of carboxylic acid groups (broad SMARTS) is 1. The molecule has 1 N–H and O–H groups in total. The second-order valence-electron chi connectivity index (χ2n) is 8.62. The lowest BCUT2D eigenvalue weighted by molar-refractivity contribution is -0.142. The third kappa shape index (κ3) is 20.0. The van der Waals surface area contributed by atoms with Gasteiger partial charge < -0.3 is 5.11 Å². The van der Waals surface area contributed by atoms with E-state index in [1.165, 1.54) is 109 Å². The average Bonchev–Trinajstić information content (AvgIpc) is 2.66. The zero-order valence-electron chi connectivity index (χ0n) is 18.8. The first-order valence-electron chi connectivity index (χ1n) is 12.4. The molecule has 1 unspecified atom stereocenters. The lowest BCUT2D eigenvalue weighted by Crippen LogP contribution is -2.13. The van der Waals surface area contributed by atoms with Crippen molar-refractivity contribution in [1.82, 2.24) is 0 Å². The number of carbonyl (C=O) groups is 1. The highest BCUT2D eigenvalue weighted by atomic mass is 16.4. The Morgan fingerprint density at radius 2 is 0.778 bits per heavy atom. The predicted octanol–water partition coefficient (Wildman–Crippen LogP) is 8.92. The molecule has 0 aromatic heterocycles. The van der Waals surface area contributed by atoms with Crippen molar-refractivity contribution in [2.24, 2.45) is 5.92 Å². The molecule has 0 heterocycles. The van der Waals surface area contributed by atoms with Crippen LogP contribution in [-0.4, -0.2) is 11.1 Å². The fourth-order valence-corrected chi connectivity index (χ4v) is 3.97. The molecule has 0 fully saturated rings. The first-order chi connectivity index (χ1) is 13.2. The van der Waals surface area contributed by atoms with Gasteiger partial charge in [0.15, 0.2) is 0 Å². The molecule has 0 aliphatic rings. The van der Waals surface area contributed by atoms with Crippen LogP contribution < -0.4 is 0 Å². The largest absolute Gasteiger partial charge is 0.481 e. The minimum atomic E-state index is -0.569. The van der Waals surface area contributed by atoms with Crippen LogP contribution in [0.15, 0.2) is 0 Å². The van der Waals surface area contributed by atoms with Gasteiger partial charge in [-0.05, 0) is 12.8 Å². The Bertz CT molecular complexity index is 301. The van der Waals surface area contributed by atoms with Gasteiger partial charge in [-0.2, -0.15) is 0 Å². The highest BCUT2D eigenvalue weighted by Crippen LogP contribution is 2.19. The zero-order chi connectivity index (χ0) is 20.0. The molecule has 0 amide bonds. The summed E-state index contributed by atoms with van der Waals surface area (Å²) >= 11 is 0. The fraction of sp³-hybridized carbons (Fsp3) is 0.960. The van der Waals surface area contributed by atoms with Crippen molar-refractivity contribution in [1.29, 1.82) is 0 Å². The van der Waals surface area contributed by atoms with E-state index in [9.17, 15) is 9.90 Å². The average molecular weight is 383 g/mol. The second kappa shape index (κ2) is 21.8. The van der Waals surface area contributed by atoms with Gasteiger partial charge in [-0.15, -0.1) is 0 Å². The van der Waals surface area contributed by atoms with Gasteiger partial charge in [0.25, 0.3) is 0 Å². The van der Waals surface area contributed by atoms with Crippen molar-refractivity contribution in [3.63, 3.8) is 0 Å². The topological polar surface area (TPSA) is 37.3 Å². The van der Waals surface area contributed by atoms with E-state index in [0.717, 1.165) is 25.7 Å². The van der Waals surface area contributed by atoms with Crippen molar-refractivity contribution in [2.45, 2.75) is 149 Å². The summed E-state index contributed by atoms with van der Waals surface area (Å²) in [6.45, 7) is 4.50. The summed E-state index contributed by atoms with van der Waals surface area (Å²) in [6, 6.07) is 0. The molecule has 27 heavy (non-hydrogen) atoms. The zero-order valence-corrected chi connectivity index (χ0v) is 18.8. The number of aliphatic carboxylic acids is 1. The van der Waals surface area contributed by atoms with Crippen LogP contribution in [-0.2, 0) is 4.79 Å². The summed E-state index contributed by atoms with van der Waals surface area (Å²) in [5.41, 5.74) is 0. The smallest absolute Gasteiger partial charge is 0.306 e. The summed E-state index contributed by atoms with van der Waals surface area (Å²) in [4.78, 5) is 11.4. The van der Waals surface area contributed by atoms with Crippen LogP contribution in [0.3, 0.4) is 0 Å². The molecule has 0 bridgehead atoms. The Morgan fingerprint density at radius 1 is 0.519 bits per heavy atom. The van der Waals surface area contributed by atoms with Crippen LogP contribution in [0.5, 0.6) is 0 Å². The Balaban J connectivity index is 3.36. The van der Waals surface area contributed by atoms with E-state index >= 15 is 0 Å². The summed E-state index contributed by atoms with van der Waals surface area (Å²) in [5, 5.41) is 9.38. The molecule has 0 radical (unpaired) electrons. The van der Waals surface area contributed by atoms with Gasteiger partial charge in [-0.3, -0.25) is 4.79 Å². The molecule has 1 atom stereocenters. The van der Waals surface area contributed by atoms with E-state index in [-0.39, 0.29) is 5.92 Å². The Labute approximate surface area is 170 Å². The van der Waals surface area contributed by atoms with Crippen LogP contribution in [0.4, 0.5) is 0 Å². The Kier molecular flexibility index (Phi) is 21.3. The highest BCUT2D eigenvalue weighted by molar-refractivity contribution is 5.69. The molecule has 0 saturated heterocycles. The van der Waals surface area contributed by atoms with Gasteiger partial charge in [0.05, 0.1) is 5.92 Å². The number of carboxylic acids is 1. The van der Waals surface area contributed by atoms with Crippen LogP contribution >= 0.6 is 0 Å². The second-order valence-corrected chi connectivity index (χ2v) is 8.62. The van der Waals surface area contributed by atoms with E-state index < -0.39 is 5.97 Å². The van der Waals surface area contributed by atoms with Crippen LogP contribution in [0.25, 0.3) is 0 Å². The number of rotatable bonds is 22. The van der Waals surface area contributed by atoms with Gasteiger partial charge in [0.2, 0.25) is 0 Å². The molecule has 0 saturated carbocycles. The molecular formula is C25H50O2. The van der Waals surface area contributed by atoms with Gasteiger partial charge in [0, 0.05) is 0 Å². The van der Waals surface area contributed by atoms with E-state index in [1.807, 2.05) is 0 Å². The summed E-state index contributed by atoms with van der Waals surface area (Å²) < 4.78 is 0. The normalized spacial score (nSPS) is 12.4. The maximum Gasteiger partial charge on any atom is 0.306 e. The molecule has 0 aliphatic heterocycles. The third-order valence-corrected chi connectivity index (χ3v) is 5.91. The minimum absolute atomic E-state index is 0.0936. The van der Waals surface area contributed by atoms with Gasteiger partial charge in [-0.25, -0.2) is 0 Å². The molecule has 0 aromatic rings. The van der Waals surface area contributed by atoms with E-state index in [2.05, 4.69) is 13.8 Å². The summed E-state index contributed by atoms with van der Waals surface area (Å²) in [5.74, 6) is -0.663. The summed E-state index contributed by atoms with van der Waals surface area (Å²) in [6.07, 6.45) is 26.9. The van der Waals surface area contributed by atoms with E-state index in [1.54, 1.807) is 0 Å². The van der Waals surface area contributed by atoms with Gasteiger partial charge in [0.1, 0.15) is 0 Å². The van der Waals surface area contributed by atoms with Crippen LogP contribution in [0.2, 0.25) is 0 Å². The van der Waals surface area contributed by atoms with Crippen LogP contribution in [0.1, 0.15) is 149 Å².